The molecular formula is C22H20N6O. The van der Waals surface area contributed by atoms with Crippen molar-refractivity contribution in [2.45, 2.75) is 31.9 Å². The first-order chi connectivity index (χ1) is 14.2. The molecule has 3 heterocycles. The number of rotatable bonds is 5. The number of nitrogens with one attached hydrogen (secondary N) is 1. The van der Waals surface area contributed by atoms with Crippen LogP contribution in [0.15, 0.2) is 61.2 Å². The summed E-state index contributed by atoms with van der Waals surface area (Å²) in [6.07, 6.45) is 8.77. The van der Waals surface area contributed by atoms with Crippen LogP contribution in [0.5, 0.6) is 5.88 Å². The fourth-order valence-electron chi connectivity index (χ4n) is 3.38. The van der Waals surface area contributed by atoms with Crippen molar-refractivity contribution >= 4 is 16.9 Å². The number of fused-ring (bicyclic) bond motifs is 1. The standard InChI is InChI=1S/C22H20N6O/c1-14-6-7-16(13-25-14)20-21(24-9-8-23-20)29-18-10-17(11-18)27-22-26-12-15-4-2-3-5-19(15)28-22/h2-9,12-13,17-18H,10-11H2,1H3,(H,26,27,28)/t17-,18+. The highest BCUT2D eigenvalue weighted by molar-refractivity contribution is 5.78. The second-order valence-electron chi connectivity index (χ2n) is 7.20. The van der Waals surface area contributed by atoms with Gasteiger partial charge in [0.25, 0.3) is 0 Å². The Bertz CT molecular complexity index is 1140. The van der Waals surface area contributed by atoms with Gasteiger partial charge in [-0.2, -0.15) is 0 Å². The van der Waals surface area contributed by atoms with Crippen LogP contribution in [0.25, 0.3) is 22.2 Å². The van der Waals surface area contributed by atoms with Gasteiger partial charge in [0.1, 0.15) is 11.8 Å². The summed E-state index contributed by atoms with van der Waals surface area (Å²) in [6, 6.07) is 12.2. The number of para-hydroxylation sites is 1. The quantitative estimate of drug-likeness (QED) is 0.560. The van der Waals surface area contributed by atoms with E-state index in [-0.39, 0.29) is 12.1 Å². The van der Waals surface area contributed by atoms with Crippen molar-refractivity contribution in [3.05, 3.63) is 66.9 Å². The fourth-order valence-corrected chi connectivity index (χ4v) is 3.38. The van der Waals surface area contributed by atoms with Gasteiger partial charge in [0.2, 0.25) is 11.8 Å². The van der Waals surface area contributed by atoms with Gasteiger partial charge in [-0.15, -0.1) is 0 Å². The van der Waals surface area contributed by atoms with Crippen molar-refractivity contribution in [2.75, 3.05) is 5.32 Å². The highest BCUT2D eigenvalue weighted by Gasteiger charge is 2.32. The Morgan fingerprint density at radius 2 is 1.79 bits per heavy atom. The lowest BCUT2D eigenvalue weighted by atomic mass is 9.89. The van der Waals surface area contributed by atoms with Crippen molar-refractivity contribution < 1.29 is 4.74 Å². The first-order valence-electron chi connectivity index (χ1n) is 9.63. The molecule has 0 unspecified atom stereocenters. The third-order valence-corrected chi connectivity index (χ3v) is 5.04. The smallest absolute Gasteiger partial charge is 0.240 e. The van der Waals surface area contributed by atoms with Crippen molar-refractivity contribution in [3.63, 3.8) is 0 Å². The van der Waals surface area contributed by atoms with Gasteiger partial charge >= 0.3 is 0 Å². The molecule has 1 saturated carbocycles. The highest BCUT2D eigenvalue weighted by atomic mass is 16.5. The summed E-state index contributed by atoms with van der Waals surface area (Å²) < 4.78 is 6.12. The molecule has 4 aromatic rings. The van der Waals surface area contributed by atoms with Crippen LogP contribution in [0.3, 0.4) is 0 Å². The second-order valence-corrected chi connectivity index (χ2v) is 7.20. The monoisotopic (exact) mass is 384 g/mol. The van der Waals surface area contributed by atoms with Crippen molar-refractivity contribution in [1.82, 2.24) is 24.9 Å². The van der Waals surface area contributed by atoms with Gasteiger partial charge in [-0.3, -0.25) is 4.98 Å². The molecule has 1 aliphatic carbocycles. The Labute approximate surface area is 168 Å². The summed E-state index contributed by atoms with van der Waals surface area (Å²) in [5.74, 6) is 1.20. The number of hydrogen-bond donors (Lipinski definition) is 1. The zero-order valence-electron chi connectivity index (χ0n) is 16.0. The molecule has 3 aromatic heterocycles. The Hall–Kier alpha value is -3.61. The minimum atomic E-state index is 0.0850. The molecule has 0 radical (unpaired) electrons. The van der Waals surface area contributed by atoms with Crippen LogP contribution in [-0.4, -0.2) is 37.1 Å². The SMILES string of the molecule is Cc1ccc(-c2nccnc2O[C@H]2C[C@@H](Nc3ncc4ccccc4n3)C2)cn1. The lowest BCUT2D eigenvalue weighted by Gasteiger charge is -2.35. The summed E-state index contributed by atoms with van der Waals surface area (Å²) >= 11 is 0. The number of aromatic nitrogens is 5. The van der Waals surface area contributed by atoms with Crippen LogP contribution in [0.4, 0.5) is 5.95 Å². The molecular weight excluding hydrogens is 364 g/mol. The van der Waals surface area contributed by atoms with E-state index < -0.39 is 0 Å². The van der Waals surface area contributed by atoms with Crippen LogP contribution in [0.1, 0.15) is 18.5 Å². The molecule has 1 fully saturated rings. The van der Waals surface area contributed by atoms with E-state index in [0.717, 1.165) is 35.0 Å². The van der Waals surface area contributed by atoms with Gasteiger partial charge in [-0.1, -0.05) is 18.2 Å². The molecule has 29 heavy (non-hydrogen) atoms. The molecule has 7 nitrogen and oxygen atoms in total. The number of nitrogens with zero attached hydrogens (tertiary/aromatic N) is 5. The lowest BCUT2D eigenvalue weighted by Crippen LogP contribution is -2.43. The third-order valence-electron chi connectivity index (χ3n) is 5.04. The Balaban J connectivity index is 1.23. The maximum absolute atomic E-state index is 6.12. The maximum Gasteiger partial charge on any atom is 0.240 e. The van der Waals surface area contributed by atoms with Crippen molar-refractivity contribution in [2.24, 2.45) is 0 Å². The highest BCUT2D eigenvalue weighted by Crippen LogP contribution is 2.31. The van der Waals surface area contributed by atoms with Gasteiger partial charge < -0.3 is 10.1 Å². The fraction of sp³-hybridized carbons (Fsp3) is 0.227. The van der Waals surface area contributed by atoms with Crippen LogP contribution in [-0.2, 0) is 0 Å². The van der Waals surface area contributed by atoms with E-state index in [1.807, 2.05) is 49.5 Å². The van der Waals surface area contributed by atoms with Crippen LogP contribution in [0, 0.1) is 6.92 Å². The zero-order chi connectivity index (χ0) is 19.6. The Morgan fingerprint density at radius 1 is 0.931 bits per heavy atom. The third kappa shape index (κ3) is 3.71. The average Bonchev–Trinajstić information content (AvgIpc) is 2.73. The lowest BCUT2D eigenvalue weighted by molar-refractivity contribution is 0.103. The number of benzene rings is 1. The topological polar surface area (TPSA) is 85.7 Å². The van der Waals surface area contributed by atoms with E-state index in [9.17, 15) is 0 Å². The van der Waals surface area contributed by atoms with E-state index >= 15 is 0 Å². The zero-order valence-corrected chi connectivity index (χ0v) is 16.0. The Kier molecular flexibility index (Phi) is 4.48. The first-order valence-corrected chi connectivity index (χ1v) is 9.63. The molecule has 5 rings (SSSR count). The van der Waals surface area contributed by atoms with E-state index in [0.29, 0.717) is 17.5 Å². The first kappa shape index (κ1) is 17.5. The summed E-state index contributed by atoms with van der Waals surface area (Å²) in [7, 11) is 0. The molecule has 0 amide bonds. The van der Waals surface area contributed by atoms with E-state index in [4.69, 9.17) is 4.74 Å². The number of anilines is 1. The Morgan fingerprint density at radius 3 is 2.66 bits per heavy atom. The molecule has 0 bridgehead atoms. The van der Waals surface area contributed by atoms with Crippen LogP contribution >= 0.6 is 0 Å². The van der Waals surface area contributed by atoms with E-state index in [1.54, 1.807) is 18.6 Å². The summed E-state index contributed by atoms with van der Waals surface area (Å²) in [4.78, 5) is 22.2. The van der Waals surface area contributed by atoms with Gasteiger partial charge in [-0.05, 0) is 25.1 Å². The van der Waals surface area contributed by atoms with Crippen LogP contribution in [0.2, 0.25) is 0 Å². The van der Waals surface area contributed by atoms with Gasteiger partial charge in [0.05, 0.1) is 5.52 Å². The normalized spacial score (nSPS) is 18.2. The van der Waals surface area contributed by atoms with Gasteiger partial charge in [-0.25, -0.2) is 19.9 Å². The second kappa shape index (κ2) is 7.43. The number of hydrogen-bond acceptors (Lipinski definition) is 7. The summed E-state index contributed by atoms with van der Waals surface area (Å²) in [6.45, 7) is 1.96. The molecule has 1 aromatic carbocycles. The molecule has 1 aliphatic rings. The molecule has 0 spiro atoms. The largest absolute Gasteiger partial charge is 0.473 e. The average molecular weight is 384 g/mol. The predicted molar refractivity (Wildman–Crippen MR) is 111 cm³/mol. The molecule has 144 valence electrons. The van der Waals surface area contributed by atoms with Crippen LogP contribution < -0.4 is 10.1 Å². The van der Waals surface area contributed by atoms with E-state index in [2.05, 4.69) is 30.2 Å². The van der Waals surface area contributed by atoms with Crippen molar-refractivity contribution in [3.8, 4) is 17.1 Å². The maximum atomic E-state index is 6.12. The van der Waals surface area contributed by atoms with Gasteiger partial charge in [0, 0.05) is 60.3 Å². The number of pyridine rings is 1. The predicted octanol–water partition coefficient (Wildman–Crippen LogP) is 3.81. The van der Waals surface area contributed by atoms with Gasteiger partial charge in [0.15, 0.2) is 0 Å². The number of ether oxygens (including phenoxy) is 1. The molecule has 1 N–H and O–H groups in total. The minimum absolute atomic E-state index is 0.0850. The molecule has 0 saturated heterocycles. The molecule has 7 heteroatoms. The number of aryl methyl sites for hydroxylation is 1. The summed E-state index contributed by atoms with van der Waals surface area (Å²) in [5.41, 5.74) is 3.52. The molecule has 0 atom stereocenters. The summed E-state index contributed by atoms with van der Waals surface area (Å²) in [5, 5.41) is 4.43. The molecule has 0 aliphatic heterocycles. The van der Waals surface area contributed by atoms with E-state index in [1.165, 1.54) is 0 Å². The van der Waals surface area contributed by atoms with Crippen molar-refractivity contribution in [1.29, 1.82) is 0 Å². The minimum Gasteiger partial charge on any atom is -0.473 e.